The van der Waals surface area contributed by atoms with Crippen molar-refractivity contribution < 1.29 is 19.8 Å². The molecule has 1 aliphatic carbocycles. The lowest BCUT2D eigenvalue weighted by molar-refractivity contribution is -0.177. The molecule has 0 aliphatic heterocycles. The molecule has 37 heavy (non-hydrogen) atoms. The van der Waals surface area contributed by atoms with Crippen molar-refractivity contribution >= 4 is 11.9 Å². The summed E-state index contributed by atoms with van der Waals surface area (Å²) in [6.07, 6.45) is 27.6. The van der Waals surface area contributed by atoms with E-state index in [1.54, 1.807) is 0 Å². The second kappa shape index (κ2) is 19.7. The van der Waals surface area contributed by atoms with Crippen molar-refractivity contribution in [2.24, 2.45) is 10.8 Å². The lowest BCUT2D eigenvalue weighted by Gasteiger charge is -2.48. The van der Waals surface area contributed by atoms with Gasteiger partial charge in [-0.3, -0.25) is 9.59 Å². The van der Waals surface area contributed by atoms with Gasteiger partial charge in [0.25, 0.3) is 0 Å². The molecule has 0 saturated heterocycles. The zero-order valence-electron chi connectivity index (χ0n) is 24.8. The van der Waals surface area contributed by atoms with Gasteiger partial charge in [0.2, 0.25) is 0 Å². The maximum Gasteiger partial charge on any atom is 0.311 e. The number of unbranched alkanes of at least 4 members (excludes halogenated alkanes) is 18. The first-order chi connectivity index (χ1) is 17.9. The average molecular weight is 521 g/mol. The van der Waals surface area contributed by atoms with Gasteiger partial charge in [0.1, 0.15) is 0 Å². The van der Waals surface area contributed by atoms with E-state index >= 15 is 0 Å². The third-order valence-electron chi connectivity index (χ3n) is 9.03. The number of aliphatic carboxylic acids is 2. The van der Waals surface area contributed by atoms with Crippen LogP contribution in [0.3, 0.4) is 0 Å². The topological polar surface area (TPSA) is 74.6 Å². The van der Waals surface area contributed by atoms with Crippen LogP contribution in [-0.4, -0.2) is 22.2 Å². The first-order valence-corrected chi connectivity index (χ1v) is 16.0. The van der Waals surface area contributed by atoms with Crippen molar-refractivity contribution in [3.63, 3.8) is 0 Å². The molecule has 0 bridgehead atoms. The van der Waals surface area contributed by atoms with Crippen LogP contribution < -0.4 is 0 Å². The summed E-state index contributed by atoms with van der Waals surface area (Å²) in [4.78, 5) is 25.6. The van der Waals surface area contributed by atoms with Gasteiger partial charge in [-0.15, -0.1) is 0 Å². The molecule has 1 aliphatic rings. The normalized spacial score (nSPS) is 21.6. The molecule has 0 fully saturated rings. The van der Waals surface area contributed by atoms with E-state index in [2.05, 4.69) is 13.8 Å². The molecular weight excluding hydrogens is 460 g/mol. The number of rotatable bonds is 24. The molecule has 4 nitrogen and oxygen atoms in total. The summed E-state index contributed by atoms with van der Waals surface area (Å²) < 4.78 is 0. The van der Waals surface area contributed by atoms with Crippen LogP contribution in [0.2, 0.25) is 0 Å². The number of carboxylic acid groups (broad SMARTS) is 2. The highest BCUT2D eigenvalue weighted by molar-refractivity contribution is 5.87. The van der Waals surface area contributed by atoms with E-state index in [1.165, 1.54) is 89.9 Å². The van der Waals surface area contributed by atoms with Crippen molar-refractivity contribution in [3.8, 4) is 0 Å². The molecule has 4 heteroatoms. The third-order valence-corrected chi connectivity index (χ3v) is 9.03. The average Bonchev–Trinajstić information content (AvgIpc) is 2.87. The van der Waals surface area contributed by atoms with E-state index in [4.69, 9.17) is 0 Å². The lowest BCUT2D eigenvalue weighted by atomic mass is 9.52. The summed E-state index contributed by atoms with van der Waals surface area (Å²) in [6.45, 7) is 6.45. The second-order valence-electron chi connectivity index (χ2n) is 12.1. The molecule has 0 saturated carbocycles. The van der Waals surface area contributed by atoms with Gasteiger partial charge in [-0.25, -0.2) is 0 Å². The molecular formula is C33H60O4. The number of carbonyl (C=O) groups is 2. The van der Waals surface area contributed by atoms with Crippen molar-refractivity contribution in [3.05, 3.63) is 11.6 Å². The van der Waals surface area contributed by atoms with E-state index < -0.39 is 22.8 Å². The van der Waals surface area contributed by atoms with Gasteiger partial charge in [-0.1, -0.05) is 154 Å². The molecule has 0 aromatic heterocycles. The minimum absolute atomic E-state index is 0.357. The SMILES string of the molecule is CCCCCCCCCCCCC1(C(=O)O)CC=C(C)CC1(CCCCCCCCCCCC)C(=O)O. The van der Waals surface area contributed by atoms with Crippen LogP contribution in [-0.2, 0) is 9.59 Å². The number of carboxylic acids is 2. The van der Waals surface area contributed by atoms with Gasteiger partial charge in [0.15, 0.2) is 0 Å². The van der Waals surface area contributed by atoms with Crippen LogP contribution in [0.4, 0.5) is 0 Å². The van der Waals surface area contributed by atoms with Crippen LogP contribution >= 0.6 is 0 Å². The summed E-state index contributed by atoms with van der Waals surface area (Å²) >= 11 is 0. The van der Waals surface area contributed by atoms with Crippen LogP contribution in [0, 0.1) is 10.8 Å². The molecule has 0 radical (unpaired) electrons. The highest BCUT2D eigenvalue weighted by Gasteiger charge is 2.61. The minimum Gasteiger partial charge on any atom is -0.481 e. The fraction of sp³-hybridized carbons (Fsp3) is 0.879. The Bertz CT molecular complexity index is 655. The van der Waals surface area contributed by atoms with E-state index in [1.807, 2.05) is 13.0 Å². The molecule has 2 N–H and O–H groups in total. The van der Waals surface area contributed by atoms with Gasteiger partial charge in [0.05, 0.1) is 10.8 Å². The van der Waals surface area contributed by atoms with E-state index in [0.29, 0.717) is 25.7 Å². The summed E-state index contributed by atoms with van der Waals surface area (Å²) in [7, 11) is 0. The highest BCUT2D eigenvalue weighted by atomic mass is 16.4. The third kappa shape index (κ3) is 11.5. The Balaban J connectivity index is 2.61. The Morgan fingerprint density at radius 1 is 0.595 bits per heavy atom. The molecule has 0 spiro atoms. The predicted molar refractivity (Wildman–Crippen MR) is 156 cm³/mol. The van der Waals surface area contributed by atoms with Crippen LogP contribution in [0.15, 0.2) is 11.6 Å². The maximum atomic E-state index is 12.8. The minimum atomic E-state index is -1.18. The quantitative estimate of drug-likeness (QED) is 0.0980. The van der Waals surface area contributed by atoms with Gasteiger partial charge in [0, 0.05) is 0 Å². The number of allylic oxidation sites excluding steroid dienone is 2. The molecule has 0 aromatic rings. The number of hydrogen-bond donors (Lipinski definition) is 2. The van der Waals surface area contributed by atoms with Gasteiger partial charge in [-0.05, 0) is 32.6 Å². The Hall–Kier alpha value is -1.32. The van der Waals surface area contributed by atoms with Gasteiger partial charge < -0.3 is 10.2 Å². The van der Waals surface area contributed by atoms with Crippen LogP contribution in [0.5, 0.6) is 0 Å². The summed E-state index contributed by atoms with van der Waals surface area (Å²) in [5, 5.41) is 21.0. The molecule has 1 rings (SSSR count). The van der Waals surface area contributed by atoms with E-state index in [-0.39, 0.29) is 0 Å². The van der Waals surface area contributed by atoms with Gasteiger partial charge >= 0.3 is 11.9 Å². The number of hydrogen-bond acceptors (Lipinski definition) is 2. The standard InChI is InChI=1S/C33H60O4/c1-4-6-8-10-12-14-16-18-20-22-25-32(30(34)35)27-24-29(3)28-33(32,31(36)37)26-23-21-19-17-15-13-11-9-7-5-2/h24H,4-23,25-28H2,1-3H3,(H,34,35)(H,36,37). The van der Waals surface area contributed by atoms with E-state index in [9.17, 15) is 19.8 Å². The molecule has 0 amide bonds. The summed E-state index contributed by atoms with van der Waals surface area (Å²) in [5.41, 5.74) is -1.33. The predicted octanol–water partition coefficient (Wildman–Crippen LogP) is 10.5. The van der Waals surface area contributed by atoms with Crippen LogP contribution in [0.1, 0.15) is 175 Å². The molecule has 2 atom stereocenters. The molecule has 0 heterocycles. The molecule has 216 valence electrons. The van der Waals surface area contributed by atoms with Crippen LogP contribution in [0.25, 0.3) is 0 Å². The second-order valence-corrected chi connectivity index (χ2v) is 12.1. The fourth-order valence-corrected chi connectivity index (χ4v) is 6.54. The van der Waals surface area contributed by atoms with Crippen molar-refractivity contribution in [1.29, 1.82) is 0 Å². The zero-order valence-corrected chi connectivity index (χ0v) is 24.8. The van der Waals surface area contributed by atoms with Crippen molar-refractivity contribution in [2.45, 2.75) is 175 Å². The summed E-state index contributed by atoms with van der Waals surface area (Å²) in [6, 6.07) is 0. The van der Waals surface area contributed by atoms with Crippen molar-refractivity contribution in [1.82, 2.24) is 0 Å². The highest BCUT2D eigenvalue weighted by Crippen LogP contribution is 2.56. The monoisotopic (exact) mass is 520 g/mol. The Morgan fingerprint density at radius 2 is 0.919 bits per heavy atom. The van der Waals surface area contributed by atoms with Crippen molar-refractivity contribution in [2.75, 3.05) is 0 Å². The smallest absolute Gasteiger partial charge is 0.311 e. The molecule has 2 unspecified atom stereocenters. The Labute approximate surface area is 229 Å². The zero-order chi connectivity index (χ0) is 27.4. The maximum absolute atomic E-state index is 12.8. The lowest BCUT2D eigenvalue weighted by Crippen LogP contribution is -2.54. The first kappa shape index (κ1) is 33.7. The molecule has 0 aromatic carbocycles. The van der Waals surface area contributed by atoms with E-state index in [0.717, 1.165) is 44.1 Å². The Kier molecular flexibility index (Phi) is 18.0. The van der Waals surface area contributed by atoms with Gasteiger partial charge in [-0.2, -0.15) is 0 Å². The first-order valence-electron chi connectivity index (χ1n) is 16.0. The summed E-state index contributed by atoms with van der Waals surface area (Å²) in [5.74, 6) is -1.80. The largest absolute Gasteiger partial charge is 0.481 e. The Morgan fingerprint density at radius 3 is 1.27 bits per heavy atom. The fourth-order valence-electron chi connectivity index (χ4n) is 6.54.